The number of fused-ring (bicyclic) bond motifs is 1. The lowest BCUT2D eigenvalue weighted by Crippen LogP contribution is -2.65. The summed E-state index contributed by atoms with van der Waals surface area (Å²) in [4.78, 5) is 49.7. The van der Waals surface area contributed by atoms with Crippen LogP contribution in [-0.2, 0) is 21.3 Å². The first-order chi connectivity index (χ1) is 28.0. The molecule has 4 aromatic rings. The number of amides is 1. The molecular weight excluding hydrogens is 827 g/mol. The van der Waals surface area contributed by atoms with E-state index in [1.54, 1.807) is 6.20 Å². The molecule has 320 valence electrons. The third-order valence-corrected chi connectivity index (χ3v) is 9.72. The molecule has 2 saturated heterocycles. The van der Waals surface area contributed by atoms with Crippen molar-refractivity contribution in [3.05, 3.63) is 54.4 Å². The molecule has 3 N–H and O–H groups in total. The summed E-state index contributed by atoms with van der Waals surface area (Å²) in [6.07, 6.45) is -5.23. The van der Waals surface area contributed by atoms with Crippen molar-refractivity contribution in [2.75, 3.05) is 26.2 Å². The number of carboxylic acids is 2. The zero-order valence-corrected chi connectivity index (χ0v) is 30.6. The highest BCUT2D eigenvalue weighted by molar-refractivity contribution is 5.95. The van der Waals surface area contributed by atoms with E-state index in [-0.39, 0.29) is 42.6 Å². The second-order valence-corrected chi connectivity index (χ2v) is 13.9. The number of nitrogens with zero attached hydrogens (tertiary/aromatic N) is 9. The van der Waals surface area contributed by atoms with Gasteiger partial charge in [-0.25, -0.2) is 24.5 Å². The summed E-state index contributed by atoms with van der Waals surface area (Å²) in [6.45, 7) is 1.66. The molecule has 3 aliphatic rings. The van der Waals surface area contributed by atoms with Gasteiger partial charge in [0.05, 0.1) is 36.4 Å². The van der Waals surface area contributed by atoms with Crippen molar-refractivity contribution in [3.63, 3.8) is 0 Å². The van der Waals surface area contributed by atoms with Gasteiger partial charge in [-0.05, 0) is 37.8 Å². The Labute approximate surface area is 331 Å². The van der Waals surface area contributed by atoms with Crippen LogP contribution in [0.3, 0.4) is 0 Å². The van der Waals surface area contributed by atoms with Crippen molar-refractivity contribution in [2.24, 2.45) is 5.92 Å². The van der Waals surface area contributed by atoms with Gasteiger partial charge in [0.15, 0.2) is 0 Å². The minimum atomic E-state index is -5.08. The number of hydrogen-bond acceptors (Lipinski definition) is 11. The number of aromatic amines is 1. The normalized spacial score (nSPS) is 19.2. The lowest BCUT2D eigenvalue weighted by Gasteiger charge is -2.53. The Bertz CT molecular complexity index is 2250. The van der Waals surface area contributed by atoms with Gasteiger partial charge in [0.2, 0.25) is 5.88 Å². The summed E-state index contributed by atoms with van der Waals surface area (Å²) >= 11 is 0. The standard InChI is InChI=1S/C31H29F3N10O2.2C2HF3O2/c32-31(33,34)25-9-20(29(45)42-13-19(11-36)14-42)10-26(41-25)46-23-3-1-22(2-4-23)43-16-30(17-43,6-7-35)44-15-21(12-40-44)27-24-5-8-37-28(24)39-18-38-27;2*3-2(4,5)1(6)7/h5,8-10,12,15,18-19,22-23H,1-4,6,13-14,16-17H2,(H,37,38,39);2*(H,6,7). The highest BCUT2D eigenvalue weighted by atomic mass is 19.4. The fraction of sp³-hybridized carbons (Fsp3) is 0.457. The number of pyridine rings is 1. The van der Waals surface area contributed by atoms with Crippen LogP contribution in [0.2, 0.25) is 0 Å². The molecule has 1 aliphatic carbocycles. The zero-order valence-electron chi connectivity index (χ0n) is 30.6. The molecule has 7 rings (SSSR count). The molecule has 6 heterocycles. The van der Waals surface area contributed by atoms with Crippen molar-refractivity contribution in [1.29, 1.82) is 10.5 Å². The number of H-pyrrole nitrogens is 1. The van der Waals surface area contributed by atoms with Gasteiger partial charge in [-0.15, -0.1) is 0 Å². The van der Waals surface area contributed by atoms with E-state index in [1.807, 2.05) is 23.1 Å². The molecule has 1 saturated carbocycles. The van der Waals surface area contributed by atoms with E-state index >= 15 is 0 Å². The van der Waals surface area contributed by atoms with Crippen LogP contribution in [0.4, 0.5) is 39.5 Å². The minimum absolute atomic E-state index is 0.157. The Morgan fingerprint density at radius 3 is 2.10 bits per heavy atom. The summed E-state index contributed by atoms with van der Waals surface area (Å²) in [7, 11) is 0. The summed E-state index contributed by atoms with van der Waals surface area (Å²) in [5.41, 5.74) is 0.518. The summed E-state index contributed by atoms with van der Waals surface area (Å²) < 4.78 is 112. The number of aromatic nitrogens is 6. The van der Waals surface area contributed by atoms with Gasteiger partial charge < -0.3 is 24.8 Å². The molecule has 0 unspecified atom stereocenters. The fourth-order valence-electron chi connectivity index (χ4n) is 6.70. The zero-order chi connectivity index (χ0) is 44.2. The van der Waals surface area contributed by atoms with Crippen LogP contribution < -0.4 is 4.74 Å². The maximum Gasteiger partial charge on any atom is 0.490 e. The molecule has 0 bridgehead atoms. The molecule has 0 radical (unpaired) electrons. The van der Waals surface area contributed by atoms with E-state index in [2.05, 4.69) is 42.1 Å². The van der Waals surface area contributed by atoms with E-state index < -0.39 is 47.6 Å². The van der Waals surface area contributed by atoms with Gasteiger partial charge >= 0.3 is 30.5 Å². The summed E-state index contributed by atoms with van der Waals surface area (Å²) in [5, 5.41) is 38.4. The molecule has 4 aromatic heterocycles. The monoisotopic (exact) mass is 858 g/mol. The number of carboxylic acid groups (broad SMARTS) is 2. The van der Waals surface area contributed by atoms with Crippen molar-refractivity contribution >= 4 is 28.9 Å². The van der Waals surface area contributed by atoms with Crippen molar-refractivity contribution in [1.82, 2.24) is 39.5 Å². The highest BCUT2D eigenvalue weighted by Gasteiger charge is 2.48. The Morgan fingerprint density at radius 1 is 0.933 bits per heavy atom. The summed E-state index contributed by atoms with van der Waals surface area (Å²) in [5.74, 6) is -6.63. The number of nitrogens with one attached hydrogen (secondary N) is 1. The highest BCUT2D eigenvalue weighted by Crippen LogP contribution is 2.39. The van der Waals surface area contributed by atoms with Crippen LogP contribution >= 0.6 is 0 Å². The van der Waals surface area contributed by atoms with Gasteiger partial charge in [0.1, 0.15) is 29.3 Å². The fourth-order valence-corrected chi connectivity index (χ4v) is 6.70. The number of ether oxygens (including phenoxy) is 1. The van der Waals surface area contributed by atoms with E-state index in [1.165, 1.54) is 17.3 Å². The van der Waals surface area contributed by atoms with E-state index in [4.69, 9.17) is 29.8 Å². The smallest absolute Gasteiger partial charge is 0.475 e. The van der Waals surface area contributed by atoms with Crippen LogP contribution in [0.5, 0.6) is 5.88 Å². The summed E-state index contributed by atoms with van der Waals surface area (Å²) in [6, 6.07) is 8.52. The molecule has 0 spiro atoms. The second kappa shape index (κ2) is 17.4. The first kappa shape index (κ1) is 44.6. The molecule has 1 amide bonds. The molecule has 2 aliphatic heterocycles. The number of carbonyl (C=O) groups is 3. The Morgan fingerprint density at radius 2 is 1.55 bits per heavy atom. The number of hydrogen-bond donors (Lipinski definition) is 3. The largest absolute Gasteiger partial charge is 0.490 e. The third kappa shape index (κ3) is 10.4. The predicted molar refractivity (Wildman–Crippen MR) is 183 cm³/mol. The lowest BCUT2D eigenvalue weighted by molar-refractivity contribution is -0.193. The molecule has 0 atom stereocenters. The maximum absolute atomic E-state index is 13.6. The van der Waals surface area contributed by atoms with Crippen LogP contribution in [0.1, 0.15) is 48.2 Å². The van der Waals surface area contributed by atoms with E-state index in [0.717, 1.165) is 41.2 Å². The molecule has 60 heavy (non-hydrogen) atoms. The molecule has 0 aromatic carbocycles. The Kier molecular flexibility index (Phi) is 12.9. The second-order valence-electron chi connectivity index (χ2n) is 13.9. The van der Waals surface area contributed by atoms with Crippen LogP contribution in [-0.4, -0.2) is 118 Å². The Balaban J connectivity index is 0.000000420. The molecule has 16 nitrogen and oxygen atoms in total. The topological polar surface area (TPSA) is 227 Å². The first-order valence-corrected chi connectivity index (χ1v) is 17.5. The van der Waals surface area contributed by atoms with Crippen molar-refractivity contribution in [2.45, 2.75) is 68.3 Å². The van der Waals surface area contributed by atoms with Crippen LogP contribution in [0.25, 0.3) is 22.3 Å². The quantitative estimate of drug-likeness (QED) is 0.198. The predicted octanol–water partition coefficient (Wildman–Crippen LogP) is 5.41. The number of nitriles is 2. The number of alkyl halides is 9. The first-order valence-electron chi connectivity index (χ1n) is 17.5. The van der Waals surface area contributed by atoms with Gasteiger partial charge in [-0.1, -0.05) is 0 Å². The number of likely N-dealkylation sites (tertiary alicyclic amines) is 2. The number of rotatable bonds is 7. The maximum atomic E-state index is 13.6. The SMILES string of the molecule is N#CCC1(n2cc(-c3ncnc4[nH]ccc34)cn2)CN(C2CCC(Oc3cc(C(=O)N4CC(C#N)C4)cc(C(F)(F)F)n3)CC2)C1.O=C(O)C(F)(F)F.O=C(O)C(F)(F)F. The van der Waals surface area contributed by atoms with Crippen molar-refractivity contribution < 1.29 is 68.8 Å². The minimum Gasteiger partial charge on any atom is -0.475 e. The number of carbonyl (C=O) groups excluding carboxylic acids is 1. The van der Waals surface area contributed by atoms with Crippen LogP contribution in [0.15, 0.2) is 43.1 Å². The molecule has 25 heteroatoms. The molecular formula is C35H31F9N10O6. The van der Waals surface area contributed by atoms with Crippen LogP contribution in [0, 0.1) is 28.6 Å². The lowest BCUT2D eigenvalue weighted by atomic mass is 9.82. The van der Waals surface area contributed by atoms with Gasteiger partial charge in [-0.2, -0.15) is 55.1 Å². The van der Waals surface area contributed by atoms with Gasteiger partial charge in [0, 0.05) is 67.2 Å². The number of halogens is 9. The van der Waals surface area contributed by atoms with Gasteiger partial charge in [0.25, 0.3) is 5.91 Å². The van der Waals surface area contributed by atoms with E-state index in [0.29, 0.717) is 32.4 Å². The van der Waals surface area contributed by atoms with Gasteiger partial charge in [-0.3, -0.25) is 14.4 Å². The van der Waals surface area contributed by atoms with E-state index in [9.17, 15) is 49.6 Å². The third-order valence-electron chi connectivity index (χ3n) is 9.72. The average molecular weight is 859 g/mol. The van der Waals surface area contributed by atoms with Crippen molar-refractivity contribution in [3.8, 4) is 29.3 Å². The number of aliphatic carboxylic acids is 2. The molecule has 3 fully saturated rings. The Hall–Kier alpha value is -6.50. The average Bonchev–Trinajstić information content (AvgIpc) is 3.83.